The number of aryl methyl sites for hydroxylation is 1. The van der Waals surface area contributed by atoms with E-state index in [2.05, 4.69) is 5.32 Å². The van der Waals surface area contributed by atoms with Gasteiger partial charge in [-0.15, -0.1) is 0 Å². The highest BCUT2D eigenvalue weighted by Gasteiger charge is 2.21. The number of nitrogens with zero attached hydrogens (tertiary/aromatic N) is 1. The van der Waals surface area contributed by atoms with Gasteiger partial charge in [-0.05, 0) is 19.1 Å². The number of hydrogen-bond acceptors (Lipinski definition) is 4. The van der Waals surface area contributed by atoms with Gasteiger partial charge in [0.1, 0.15) is 24.4 Å². The molecular weight excluding hydrogens is 334 g/mol. The number of nitrogens with one attached hydrogen (secondary N) is 2. The van der Waals surface area contributed by atoms with Crippen molar-refractivity contribution in [3.05, 3.63) is 40.2 Å². The van der Waals surface area contributed by atoms with E-state index >= 15 is 0 Å². The van der Waals surface area contributed by atoms with Crippen molar-refractivity contribution in [2.24, 2.45) is 0 Å². The predicted molar refractivity (Wildman–Crippen MR) is 98.9 cm³/mol. The van der Waals surface area contributed by atoms with E-state index in [9.17, 15) is 14.7 Å². The van der Waals surface area contributed by atoms with Crippen LogP contribution in [0.5, 0.6) is 5.75 Å². The van der Waals surface area contributed by atoms with Crippen LogP contribution in [0, 0.1) is 0 Å². The van der Waals surface area contributed by atoms with Gasteiger partial charge in [0.05, 0.1) is 25.3 Å². The molecule has 0 bridgehead atoms. The number of pyridine rings is 1. The Balaban J connectivity index is 1.72. The minimum Gasteiger partial charge on any atom is -0.506 e. The Morgan fingerprint density at radius 1 is 1.31 bits per heavy atom. The van der Waals surface area contributed by atoms with Crippen LogP contribution in [0.1, 0.15) is 23.7 Å². The van der Waals surface area contributed by atoms with Crippen molar-refractivity contribution in [1.29, 1.82) is 0 Å². The van der Waals surface area contributed by atoms with Crippen LogP contribution in [0.2, 0.25) is 0 Å². The van der Waals surface area contributed by atoms with Gasteiger partial charge >= 0.3 is 0 Å². The molecule has 0 aliphatic carbocycles. The average molecular weight is 360 g/mol. The van der Waals surface area contributed by atoms with Crippen molar-refractivity contribution in [3.63, 3.8) is 0 Å². The minimum atomic E-state index is -0.516. The summed E-state index contributed by atoms with van der Waals surface area (Å²) in [6, 6.07) is 7.07. The standard InChI is InChI=1S/C19H25N3O4/c1-2-22-15-7-4-3-6-14(15)17(23)16(19(22)25)18(24)20-8-5-9-21-10-12-26-13-11-21/h3-4,6-7,23H,2,5,8-13H2,1H3,(H,20,24)/p+1. The van der Waals surface area contributed by atoms with Crippen LogP contribution in [0.25, 0.3) is 10.9 Å². The molecule has 3 rings (SSSR count). The Kier molecular flexibility index (Phi) is 5.90. The summed E-state index contributed by atoms with van der Waals surface area (Å²) in [4.78, 5) is 26.7. The third-order valence-electron chi connectivity index (χ3n) is 4.88. The van der Waals surface area contributed by atoms with Gasteiger partial charge in [-0.1, -0.05) is 12.1 Å². The number of carbonyl (C=O) groups excluding carboxylic acids is 1. The number of benzene rings is 1. The summed E-state index contributed by atoms with van der Waals surface area (Å²) < 4.78 is 6.85. The lowest BCUT2D eigenvalue weighted by Gasteiger charge is -2.23. The lowest BCUT2D eigenvalue weighted by Crippen LogP contribution is -3.14. The molecule has 140 valence electrons. The molecule has 0 unspecified atom stereocenters. The van der Waals surface area contributed by atoms with Crippen molar-refractivity contribution in [1.82, 2.24) is 9.88 Å². The molecule has 1 fully saturated rings. The number of para-hydroxylation sites is 1. The number of morpholine rings is 1. The fourth-order valence-corrected chi connectivity index (χ4v) is 3.45. The maximum Gasteiger partial charge on any atom is 0.267 e. The lowest BCUT2D eigenvalue weighted by molar-refractivity contribution is -0.908. The number of rotatable bonds is 6. The third kappa shape index (κ3) is 3.73. The van der Waals surface area contributed by atoms with Crippen LogP contribution in [-0.2, 0) is 11.3 Å². The zero-order valence-electron chi connectivity index (χ0n) is 15.1. The topological polar surface area (TPSA) is 85.0 Å². The molecule has 1 amide bonds. The fourth-order valence-electron chi connectivity index (χ4n) is 3.45. The molecular formula is C19H26N3O4+. The molecule has 0 radical (unpaired) electrons. The number of aromatic hydroxyl groups is 1. The predicted octanol–water partition coefficient (Wildman–Crippen LogP) is -0.238. The molecule has 2 heterocycles. The monoisotopic (exact) mass is 360 g/mol. The van der Waals surface area contributed by atoms with Gasteiger partial charge in [0.15, 0.2) is 0 Å². The van der Waals surface area contributed by atoms with Crippen LogP contribution < -0.4 is 15.8 Å². The van der Waals surface area contributed by atoms with E-state index in [4.69, 9.17) is 4.74 Å². The number of amides is 1. The zero-order chi connectivity index (χ0) is 18.5. The van der Waals surface area contributed by atoms with E-state index in [-0.39, 0.29) is 11.3 Å². The highest BCUT2D eigenvalue weighted by molar-refractivity contribution is 6.02. The highest BCUT2D eigenvalue weighted by atomic mass is 16.5. The molecule has 26 heavy (non-hydrogen) atoms. The summed E-state index contributed by atoms with van der Waals surface area (Å²) >= 11 is 0. The molecule has 0 atom stereocenters. The van der Waals surface area contributed by atoms with Crippen molar-refractivity contribution >= 4 is 16.8 Å². The van der Waals surface area contributed by atoms with Crippen LogP contribution in [0.4, 0.5) is 0 Å². The van der Waals surface area contributed by atoms with Gasteiger partial charge in [0.25, 0.3) is 11.5 Å². The second-order valence-corrected chi connectivity index (χ2v) is 6.51. The molecule has 1 saturated heterocycles. The number of quaternary nitrogens is 1. The van der Waals surface area contributed by atoms with E-state index in [1.54, 1.807) is 24.3 Å². The molecule has 0 saturated carbocycles. The van der Waals surface area contributed by atoms with E-state index in [1.807, 2.05) is 6.92 Å². The molecule has 7 nitrogen and oxygen atoms in total. The number of aromatic nitrogens is 1. The number of carbonyl (C=O) groups is 1. The normalized spacial score (nSPS) is 15.3. The van der Waals surface area contributed by atoms with Gasteiger partial charge in [0, 0.05) is 24.9 Å². The van der Waals surface area contributed by atoms with Crippen LogP contribution in [-0.4, -0.2) is 55.0 Å². The summed E-state index contributed by atoms with van der Waals surface area (Å²) in [5, 5.41) is 13.8. The van der Waals surface area contributed by atoms with Gasteiger partial charge in [-0.25, -0.2) is 0 Å². The van der Waals surface area contributed by atoms with E-state index < -0.39 is 11.5 Å². The lowest BCUT2D eigenvalue weighted by atomic mass is 10.1. The first kappa shape index (κ1) is 18.4. The second kappa shape index (κ2) is 8.33. The molecule has 0 spiro atoms. The van der Waals surface area contributed by atoms with E-state index in [1.165, 1.54) is 9.47 Å². The van der Waals surface area contributed by atoms with Crippen molar-refractivity contribution in [3.8, 4) is 5.75 Å². The van der Waals surface area contributed by atoms with Crippen LogP contribution in [0.15, 0.2) is 29.1 Å². The smallest absolute Gasteiger partial charge is 0.267 e. The third-order valence-corrected chi connectivity index (χ3v) is 4.88. The second-order valence-electron chi connectivity index (χ2n) is 6.51. The average Bonchev–Trinajstić information content (AvgIpc) is 2.66. The van der Waals surface area contributed by atoms with Crippen molar-refractivity contribution < 1.29 is 19.5 Å². The molecule has 1 aromatic heterocycles. The van der Waals surface area contributed by atoms with Crippen molar-refractivity contribution in [2.75, 3.05) is 39.4 Å². The molecule has 3 N–H and O–H groups in total. The first-order chi connectivity index (χ1) is 12.6. The summed E-state index contributed by atoms with van der Waals surface area (Å²) in [5.41, 5.74) is -0.00533. The molecule has 1 aliphatic heterocycles. The summed E-state index contributed by atoms with van der Waals surface area (Å²) in [7, 11) is 0. The Hall–Kier alpha value is -2.38. The van der Waals surface area contributed by atoms with Gasteiger partial charge in [-0.3, -0.25) is 9.59 Å². The largest absolute Gasteiger partial charge is 0.506 e. The zero-order valence-corrected chi connectivity index (χ0v) is 15.1. The minimum absolute atomic E-state index is 0.177. The maximum absolute atomic E-state index is 12.7. The number of hydrogen-bond donors (Lipinski definition) is 3. The highest BCUT2D eigenvalue weighted by Crippen LogP contribution is 2.26. The summed E-state index contributed by atoms with van der Waals surface area (Å²) in [6.07, 6.45) is 0.817. The fraction of sp³-hybridized carbons (Fsp3) is 0.474. The Labute approximate surface area is 152 Å². The quantitative estimate of drug-likeness (QED) is 0.621. The first-order valence-corrected chi connectivity index (χ1v) is 9.17. The SMILES string of the molecule is CCn1c(=O)c(C(=O)NCCC[NH+]2CCOCC2)c(O)c2ccccc21. The number of ether oxygens (including phenoxy) is 1. The van der Waals surface area contributed by atoms with Crippen molar-refractivity contribution in [2.45, 2.75) is 19.9 Å². The maximum atomic E-state index is 12.7. The Morgan fingerprint density at radius 2 is 2.04 bits per heavy atom. The molecule has 1 aromatic carbocycles. The van der Waals surface area contributed by atoms with Gasteiger partial charge in [0.2, 0.25) is 0 Å². The summed E-state index contributed by atoms with van der Waals surface area (Å²) in [5.74, 6) is -0.760. The molecule has 1 aliphatic rings. The summed E-state index contributed by atoms with van der Waals surface area (Å²) in [6.45, 7) is 7.24. The Bertz CT molecular complexity index is 841. The number of fused-ring (bicyclic) bond motifs is 1. The van der Waals surface area contributed by atoms with Crippen LogP contribution in [0.3, 0.4) is 0 Å². The Morgan fingerprint density at radius 3 is 2.77 bits per heavy atom. The molecule has 2 aromatic rings. The van der Waals surface area contributed by atoms with E-state index in [0.717, 1.165) is 39.3 Å². The van der Waals surface area contributed by atoms with E-state index in [0.29, 0.717) is 24.0 Å². The first-order valence-electron chi connectivity index (χ1n) is 9.17. The molecule has 7 heteroatoms. The van der Waals surface area contributed by atoms with Gasteiger partial charge < -0.3 is 24.6 Å². The van der Waals surface area contributed by atoms with Crippen LogP contribution >= 0.6 is 0 Å². The van der Waals surface area contributed by atoms with Gasteiger partial charge in [-0.2, -0.15) is 0 Å².